The minimum Gasteiger partial charge on any atom is -0.480 e. The number of amides is 1. The van der Waals surface area contributed by atoms with E-state index in [1.165, 1.54) is 19.3 Å². The number of rotatable bonds is 5. The summed E-state index contributed by atoms with van der Waals surface area (Å²) >= 11 is 0. The quantitative estimate of drug-likeness (QED) is 0.691. The number of carboxylic acids is 1. The van der Waals surface area contributed by atoms with Crippen molar-refractivity contribution in [1.82, 2.24) is 5.32 Å². The Balaban J connectivity index is 0.00000162. The van der Waals surface area contributed by atoms with Gasteiger partial charge in [-0.05, 0) is 43.1 Å². The SMILES string of the molecule is Cl.NCC1(CC(=O)NCC(=O)O)CC2CCC1C2. The Morgan fingerprint density at radius 1 is 1.39 bits per heavy atom. The molecule has 5 nitrogen and oxygen atoms in total. The second-order valence-electron chi connectivity index (χ2n) is 5.49. The van der Waals surface area contributed by atoms with Crippen LogP contribution in [0.4, 0.5) is 0 Å². The topological polar surface area (TPSA) is 92.4 Å². The maximum atomic E-state index is 11.7. The molecule has 0 aliphatic heterocycles. The van der Waals surface area contributed by atoms with Crippen LogP contribution in [0.2, 0.25) is 0 Å². The first-order valence-corrected chi connectivity index (χ1v) is 6.24. The fraction of sp³-hybridized carbons (Fsp3) is 0.833. The molecule has 2 aliphatic rings. The van der Waals surface area contributed by atoms with Gasteiger partial charge in [-0.15, -0.1) is 12.4 Å². The molecule has 6 heteroatoms. The lowest BCUT2D eigenvalue weighted by molar-refractivity contribution is -0.138. The van der Waals surface area contributed by atoms with Crippen LogP contribution in [0.1, 0.15) is 32.1 Å². The number of halogens is 1. The molecule has 0 aromatic heterocycles. The molecule has 2 saturated carbocycles. The van der Waals surface area contributed by atoms with Gasteiger partial charge < -0.3 is 16.2 Å². The number of carboxylic acid groups (broad SMARTS) is 1. The van der Waals surface area contributed by atoms with Crippen molar-refractivity contribution in [2.24, 2.45) is 23.0 Å². The molecule has 18 heavy (non-hydrogen) atoms. The molecular formula is C12H21ClN2O3. The lowest BCUT2D eigenvalue weighted by Crippen LogP contribution is -2.41. The number of fused-ring (bicyclic) bond motifs is 2. The Kier molecular flexibility index (Phi) is 4.99. The van der Waals surface area contributed by atoms with Crippen molar-refractivity contribution in [2.75, 3.05) is 13.1 Å². The van der Waals surface area contributed by atoms with Gasteiger partial charge in [0.05, 0.1) is 0 Å². The number of carbonyl (C=O) groups excluding carboxylic acids is 1. The molecule has 3 atom stereocenters. The van der Waals surface area contributed by atoms with Gasteiger partial charge in [0.2, 0.25) is 5.91 Å². The van der Waals surface area contributed by atoms with E-state index in [1.807, 2.05) is 0 Å². The van der Waals surface area contributed by atoms with Crippen LogP contribution >= 0.6 is 12.4 Å². The van der Waals surface area contributed by atoms with Crippen molar-refractivity contribution >= 4 is 24.3 Å². The minimum absolute atomic E-state index is 0. The number of hydrogen-bond acceptors (Lipinski definition) is 3. The standard InChI is InChI=1S/C12H20N2O3.ClH/c13-7-12(4-8-1-2-9(12)3-8)5-10(15)14-6-11(16)17;/h8-9H,1-7,13H2,(H,14,15)(H,16,17);1H. The van der Waals surface area contributed by atoms with E-state index in [2.05, 4.69) is 5.32 Å². The normalized spacial score (nSPS) is 32.9. The Morgan fingerprint density at radius 2 is 2.11 bits per heavy atom. The van der Waals surface area contributed by atoms with E-state index in [1.54, 1.807) is 0 Å². The third-order valence-corrected chi connectivity index (χ3v) is 4.46. The van der Waals surface area contributed by atoms with Crippen LogP contribution in [0, 0.1) is 17.3 Å². The zero-order valence-corrected chi connectivity index (χ0v) is 11.2. The second-order valence-corrected chi connectivity index (χ2v) is 5.49. The van der Waals surface area contributed by atoms with E-state index >= 15 is 0 Å². The van der Waals surface area contributed by atoms with Gasteiger partial charge in [0.15, 0.2) is 0 Å². The van der Waals surface area contributed by atoms with Gasteiger partial charge in [0, 0.05) is 6.42 Å². The number of nitrogens with two attached hydrogens (primary N) is 1. The largest absolute Gasteiger partial charge is 0.480 e. The van der Waals surface area contributed by atoms with Crippen molar-refractivity contribution in [1.29, 1.82) is 0 Å². The molecule has 0 spiro atoms. The zero-order chi connectivity index (χ0) is 12.5. The predicted octanol–water partition coefficient (Wildman–Crippen LogP) is 0.764. The number of aliphatic carboxylic acids is 1. The minimum atomic E-state index is -1.01. The Labute approximate surface area is 113 Å². The molecule has 3 unspecified atom stereocenters. The van der Waals surface area contributed by atoms with Crippen molar-refractivity contribution in [3.63, 3.8) is 0 Å². The predicted molar refractivity (Wildman–Crippen MR) is 69.4 cm³/mol. The molecule has 0 heterocycles. The molecule has 2 fully saturated rings. The lowest BCUT2D eigenvalue weighted by atomic mass is 9.70. The highest BCUT2D eigenvalue weighted by Gasteiger charge is 2.50. The van der Waals surface area contributed by atoms with Gasteiger partial charge in [-0.25, -0.2) is 0 Å². The molecule has 2 bridgehead atoms. The first kappa shape index (κ1) is 15.2. The van der Waals surface area contributed by atoms with E-state index in [0.29, 0.717) is 18.9 Å². The van der Waals surface area contributed by atoms with Crippen LogP contribution in [-0.2, 0) is 9.59 Å². The van der Waals surface area contributed by atoms with E-state index in [-0.39, 0.29) is 30.3 Å². The summed E-state index contributed by atoms with van der Waals surface area (Å²) in [5.74, 6) is 0.113. The fourth-order valence-corrected chi connectivity index (χ4v) is 3.65. The molecule has 2 aliphatic carbocycles. The number of nitrogens with one attached hydrogen (secondary N) is 1. The van der Waals surface area contributed by atoms with E-state index in [9.17, 15) is 9.59 Å². The van der Waals surface area contributed by atoms with Crippen molar-refractivity contribution in [3.05, 3.63) is 0 Å². The molecule has 0 aromatic rings. The average molecular weight is 277 g/mol. The first-order valence-electron chi connectivity index (χ1n) is 6.24. The summed E-state index contributed by atoms with van der Waals surface area (Å²) in [5.41, 5.74) is 5.80. The maximum absolute atomic E-state index is 11.7. The molecule has 1 amide bonds. The maximum Gasteiger partial charge on any atom is 0.322 e. The van der Waals surface area contributed by atoms with Crippen LogP contribution in [0.15, 0.2) is 0 Å². The molecule has 0 aromatic carbocycles. The Hall–Kier alpha value is -0.810. The van der Waals surface area contributed by atoms with Crippen molar-refractivity contribution < 1.29 is 14.7 Å². The summed E-state index contributed by atoms with van der Waals surface area (Å²) < 4.78 is 0. The van der Waals surface area contributed by atoms with Crippen LogP contribution in [0.3, 0.4) is 0 Å². The Bertz CT molecular complexity index is 337. The van der Waals surface area contributed by atoms with Crippen LogP contribution in [-0.4, -0.2) is 30.1 Å². The summed E-state index contributed by atoms with van der Waals surface area (Å²) in [7, 11) is 0. The molecule has 0 radical (unpaired) electrons. The van der Waals surface area contributed by atoms with Gasteiger partial charge in [-0.3, -0.25) is 9.59 Å². The second kappa shape index (κ2) is 5.89. The monoisotopic (exact) mass is 276 g/mol. The summed E-state index contributed by atoms with van der Waals surface area (Å²) in [5, 5.41) is 10.9. The third-order valence-electron chi connectivity index (χ3n) is 4.46. The molecule has 4 N–H and O–H groups in total. The third kappa shape index (κ3) is 2.95. The van der Waals surface area contributed by atoms with Crippen LogP contribution in [0.5, 0.6) is 0 Å². The molecule has 2 rings (SSSR count). The van der Waals surface area contributed by atoms with Crippen LogP contribution in [0.25, 0.3) is 0 Å². The van der Waals surface area contributed by atoms with Gasteiger partial charge in [0.25, 0.3) is 0 Å². The number of carbonyl (C=O) groups is 2. The van der Waals surface area contributed by atoms with Crippen LogP contribution < -0.4 is 11.1 Å². The van der Waals surface area contributed by atoms with E-state index < -0.39 is 5.97 Å². The summed E-state index contributed by atoms with van der Waals surface area (Å²) in [4.78, 5) is 22.1. The van der Waals surface area contributed by atoms with E-state index in [0.717, 1.165) is 12.3 Å². The van der Waals surface area contributed by atoms with Gasteiger partial charge >= 0.3 is 5.97 Å². The van der Waals surface area contributed by atoms with Gasteiger partial charge in [0.1, 0.15) is 6.54 Å². The van der Waals surface area contributed by atoms with E-state index in [4.69, 9.17) is 10.8 Å². The summed E-state index contributed by atoms with van der Waals surface area (Å²) in [6, 6.07) is 0. The highest BCUT2D eigenvalue weighted by atomic mass is 35.5. The van der Waals surface area contributed by atoms with Gasteiger partial charge in [-0.1, -0.05) is 6.42 Å². The highest BCUT2D eigenvalue weighted by molar-refractivity contribution is 5.85. The molecule has 0 saturated heterocycles. The smallest absolute Gasteiger partial charge is 0.322 e. The molecular weight excluding hydrogens is 256 g/mol. The summed E-state index contributed by atoms with van der Waals surface area (Å²) in [6.45, 7) is 0.238. The van der Waals surface area contributed by atoms with Crippen molar-refractivity contribution in [3.8, 4) is 0 Å². The Morgan fingerprint density at radius 3 is 2.56 bits per heavy atom. The van der Waals surface area contributed by atoms with Gasteiger partial charge in [-0.2, -0.15) is 0 Å². The highest BCUT2D eigenvalue weighted by Crippen LogP contribution is 2.57. The molecule has 104 valence electrons. The summed E-state index contributed by atoms with van der Waals surface area (Å²) in [6.07, 6.45) is 5.06. The fourth-order valence-electron chi connectivity index (χ4n) is 3.65. The number of hydrogen-bond donors (Lipinski definition) is 3. The first-order chi connectivity index (χ1) is 8.05. The zero-order valence-electron chi connectivity index (χ0n) is 10.4. The average Bonchev–Trinajstić information content (AvgIpc) is 2.86. The van der Waals surface area contributed by atoms with Crippen molar-refractivity contribution in [2.45, 2.75) is 32.1 Å². The lowest BCUT2D eigenvalue weighted by Gasteiger charge is -2.36.